The molecule has 0 aromatic carbocycles. The van der Waals surface area contributed by atoms with Crippen molar-refractivity contribution in [2.45, 2.75) is 38.1 Å². The van der Waals surface area contributed by atoms with Gasteiger partial charge in [0.05, 0.1) is 0 Å². The van der Waals surface area contributed by atoms with Crippen molar-refractivity contribution in [3.05, 3.63) is 18.0 Å². The number of aromatic nitrogens is 1. The lowest BCUT2D eigenvalue weighted by atomic mass is 10.0. The molecular formula is C14H25N3O3S. The summed E-state index contributed by atoms with van der Waals surface area (Å²) in [5.74, 6) is 0.312. The molecule has 1 N–H and O–H groups in total. The van der Waals surface area contributed by atoms with Gasteiger partial charge >= 0.3 is 0 Å². The highest BCUT2D eigenvalue weighted by molar-refractivity contribution is 7.89. The zero-order chi connectivity index (χ0) is 16.4. The molecule has 0 radical (unpaired) electrons. The van der Waals surface area contributed by atoms with Gasteiger partial charge in [0.1, 0.15) is 10.6 Å². The van der Waals surface area contributed by atoms with Gasteiger partial charge in [0.2, 0.25) is 10.0 Å². The van der Waals surface area contributed by atoms with E-state index in [9.17, 15) is 13.2 Å². The van der Waals surface area contributed by atoms with Crippen LogP contribution in [0.2, 0.25) is 0 Å². The van der Waals surface area contributed by atoms with Crippen LogP contribution in [0.3, 0.4) is 0 Å². The average molecular weight is 315 g/mol. The van der Waals surface area contributed by atoms with E-state index in [1.54, 1.807) is 23.6 Å². The Labute approximate surface area is 127 Å². The summed E-state index contributed by atoms with van der Waals surface area (Å²) in [6.45, 7) is 6.20. The second-order valence-electron chi connectivity index (χ2n) is 5.77. The molecule has 1 heterocycles. The highest BCUT2D eigenvalue weighted by atomic mass is 32.2. The third kappa shape index (κ3) is 4.07. The highest BCUT2D eigenvalue weighted by Gasteiger charge is 2.23. The number of carbonyl (C=O) groups excluding carboxylic acids is 1. The second kappa shape index (κ2) is 6.62. The van der Waals surface area contributed by atoms with E-state index in [1.165, 1.54) is 19.3 Å². The summed E-state index contributed by atoms with van der Waals surface area (Å²) in [6.07, 6.45) is 2.34. The average Bonchev–Trinajstić information content (AvgIpc) is 2.79. The summed E-state index contributed by atoms with van der Waals surface area (Å²) >= 11 is 0. The van der Waals surface area contributed by atoms with Crippen LogP contribution in [0.4, 0.5) is 0 Å². The normalized spacial score (nSPS) is 13.5. The molecule has 0 unspecified atom stereocenters. The van der Waals surface area contributed by atoms with Crippen molar-refractivity contribution >= 4 is 15.9 Å². The van der Waals surface area contributed by atoms with Gasteiger partial charge in [-0.15, -0.1) is 0 Å². The maximum atomic E-state index is 12.5. The number of hydrogen-bond donors (Lipinski definition) is 1. The van der Waals surface area contributed by atoms with Crippen molar-refractivity contribution in [2.75, 3.05) is 14.1 Å². The molecule has 0 aliphatic heterocycles. The van der Waals surface area contributed by atoms with Crippen LogP contribution < -0.4 is 4.72 Å². The quantitative estimate of drug-likeness (QED) is 0.863. The molecule has 1 aromatic heterocycles. The molecule has 0 spiro atoms. The SMILES string of the molecule is CNS(=O)(=O)c1cc(C(=O)N(C)[C@@H](C)CC(C)C)n(C)c1. The van der Waals surface area contributed by atoms with Crippen LogP contribution in [0.1, 0.15) is 37.7 Å². The molecule has 120 valence electrons. The summed E-state index contributed by atoms with van der Waals surface area (Å²) in [4.78, 5) is 14.3. The molecule has 1 atom stereocenters. The van der Waals surface area contributed by atoms with Gasteiger partial charge in [-0.1, -0.05) is 13.8 Å². The summed E-state index contributed by atoms with van der Waals surface area (Å²) in [5.41, 5.74) is 0.363. The zero-order valence-corrected chi connectivity index (χ0v) is 14.4. The van der Waals surface area contributed by atoms with Crippen molar-refractivity contribution in [1.82, 2.24) is 14.2 Å². The maximum absolute atomic E-state index is 12.5. The second-order valence-corrected chi connectivity index (χ2v) is 7.66. The number of amides is 1. The molecule has 0 aliphatic carbocycles. The van der Waals surface area contributed by atoms with Crippen molar-refractivity contribution in [1.29, 1.82) is 0 Å². The summed E-state index contributed by atoms with van der Waals surface area (Å²) in [5, 5.41) is 0. The summed E-state index contributed by atoms with van der Waals surface area (Å²) < 4.78 is 27.4. The zero-order valence-electron chi connectivity index (χ0n) is 13.5. The Kier molecular flexibility index (Phi) is 5.58. The lowest BCUT2D eigenvalue weighted by molar-refractivity contribution is 0.0718. The minimum atomic E-state index is -3.54. The van der Waals surface area contributed by atoms with E-state index >= 15 is 0 Å². The third-order valence-electron chi connectivity index (χ3n) is 3.57. The molecule has 1 aromatic rings. The van der Waals surface area contributed by atoms with Crippen LogP contribution in [-0.2, 0) is 17.1 Å². The van der Waals surface area contributed by atoms with E-state index in [0.29, 0.717) is 11.6 Å². The standard InChI is InChI=1S/C14H25N3O3S/c1-10(2)7-11(3)17(6)14(18)13-8-12(9-16(13)5)21(19,20)15-4/h8-11,15H,7H2,1-6H3/t11-/m0/s1. The number of rotatable bonds is 6. The summed E-state index contributed by atoms with van der Waals surface area (Å²) in [7, 11) is 1.22. The molecule has 0 aliphatic rings. The Morgan fingerprint density at radius 3 is 2.43 bits per heavy atom. The molecule has 6 nitrogen and oxygen atoms in total. The van der Waals surface area contributed by atoms with Crippen LogP contribution >= 0.6 is 0 Å². The van der Waals surface area contributed by atoms with Crippen molar-refractivity contribution in [2.24, 2.45) is 13.0 Å². The monoisotopic (exact) mass is 315 g/mol. The fourth-order valence-corrected chi connectivity index (χ4v) is 3.03. The van der Waals surface area contributed by atoms with Gasteiger partial charge in [0.15, 0.2) is 0 Å². The predicted octanol–water partition coefficient (Wildman–Crippen LogP) is 1.44. The van der Waals surface area contributed by atoms with E-state index < -0.39 is 10.0 Å². The van der Waals surface area contributed by atoms with E-state index in [1.807, 2.05) is 6.92 Å². The molecule has 1 rings (SSSR count). The Morgan fingerprint density at radius 2 is 1.95 bits per heavy atom. The first-order valence-corrected chi connectivity index (χ1v) is 8.45. The number of hydrogen-bond acceptors (Lipinski definition) is 3. The first-order chi connectivity index (χ1) is 9.60. The largest absolute Gasteiger partial charge is 0.345 e. The summed E-state index contributed by atoms with van der Waals surface area (Å²) in [6, 6.07) is 1.50. The maximum Gasteiger partial charge on any atom is 0.270 e. The van der Waals surface area contributed by atoms with Gasteiger partial charge in [-0.05, 0) is 32.4 Å². The first-order valence-electron chi connectivity index (χ1n) is 6.97. The minimum Gasteiger partial charge on any atom is -0.345 e. The van der Waals surface area contributed by atoms with Gasteiger partial charge in [-0.2, -0.15) is 0 Å². The Hall–Kier alpha value is -1.34. The van der Waals surface area contributed by atoms with Crippen molar-refractivity contribution in [3.8, 4) is 0 Å². The smallest absolute Gasteiger partial charge is 0.270 e. The van der Waals surface area contributed by atoms with Crippen molar-refractivity contribution < 1.29 is 13.2 Å². The lowest BCUT2D eigenvalue weighted by Gasteiger charge is -2.26. The van der Waals surface area contributed by atoms with Crippen LogP contribution in [0.25, 0.3) is 0 Å². The number of nitrogens with zero attached hydrogens (tertiary/aromatic N) is 2. The molecule has 21 heavy (non-hydrogen) atoms. The van der Waals surface area contributed by atoms with Gasteiger partial charge in [-0.3, -0.25) is 4.79 Å². The Morgan fingerprint density at radius 1 is 1.38 bits per heavy atom. The molecule has 1 amide bonds. The van der Waals surface area contributed by atoms with E-state index in [-0.39, 0.29) is 16.8 Å². The van der Waals surface area contributed by atoms with E-state index in [0.717, 1.165) is 6.42 Å². The molecule has 0 saturated carbocycles. The number of carbonyl (C=O) groups is 1. The molecular weight excluding hydrogens is 290 g/mol. The highest BCUT2D eigenvalue weighted by Crippen LogP contribution is 2.17. The van der Waals surface area contributed by atoms with Crippen LogP contribution in [0.5, 0.6) is 0 Å². The fourth-order valence-electron chi connectivity index (χ4n) is 2.23. The van der Waals surface area contributed by atoms with Gasteiger partial charge in [0, 0.05) is 26.3 Å². The Balaban J connectivity index is 3.04. The Bertz CT molecular complexity index is 605. The molecule has 0 fully saturated rings. The van der Waals surface area contributed by atoms with E-state index in [2.05, 4.69) is 18.6 Å². The predicted molar refractivity (Wildman–Crippen MR) is 82.7 cm³/mol. The fraction of sp³-hybridized carbons (Fsp3) is 0.643. The third-order valence-corrected chi connectivity index (χ3v) is 4.95. The van der Waals surface area contributed by atoms with Crippen LogP contribution in [0.15, 0.2) is 17.2 Å². The number of sulfonamides is 1. The lowest BCUT2D eigenvalue weighted by Crippen LogP contribution is -2.36. The minimum absolute atomic E-state index is 0.0942. The van der Waals surface area contributed by atoms with Crippen molar-refractivity contribution in [3.63, 3.8) is 0 Å². The topological polar surface area (TPSA) is 71.4 Å². The first kappa shape index (κ1) is 17.7. The van der Waals surface area contributed by atoms with Gasteiger partial charge in [0.25, 0.3) is 5.91 Å². The number of aryl methyl sites for hydroxylation is 1. The molecule has 0 saturated heterocycles. The van der Waals surface area contributed by atoms with Gasteiger partial charge < -0.3 is 9.47 Å². The van der Waals surface area contributed by atoms with E-state index in [4.69, 9.17) is 0 Å². The molecule has 7 heteroatoms. The van der Waals surface area contributed by atoms with Gasteiger partial charge in [-0.25, -0.2) is 13.1 Å². The van der Waals surface area contributed by atoms with Crippen LogP contribution in [0, 0.1) is 5.92 Å². The van der Waals surface area contributed by atoms with Crippen LogP contribution in [-0.4, -0.2) is 43.9 Å². The number of nitrogens with one attached hydrogen (secondary N) is 1. The molecule has 0 bridgehead atoms.